The Morgan fingerprint density at radius 3 is 2.32 bits per heavy atom. The lowest BCUT2D eigenvalue weighted by molar-refractivity contribution is -0.110. The Labute approximate surface area is 165 Å². The normalized spacial score (nSPS) is 12.2. The maximum Gasteiger partial charge on any atom is 0.182 e. The van der Waals surface area contributed by atoms with Crippen LogP contribution in [0.1, 0.15) is 16.7 Å². The van der Waals surface area contributed by atoms with Crippen molar-refractivity contribution in [3.8, 4) is 11.5 Å². The van der Waals surface area contributed by atoms with E-state index >= 15 is 0 Å². The van der Waals surface area contributed by atoms with Crippen molar-refractivity contribution in [3.63, 3.8) is 0 Å². The number of carbonyl (C=O) groups excluding carboxylic acids is 1. The Hall–Kier alpha value is -3.31. The van der Waals surface area contributed by atoms with Crippen molar-refractivity contribution in [2.75, 3.05) is 21.2 Å². The molecule has 0 aromatic heterocycles. The van der Waals surface area contributed by atoms with Crippen molar-refractivity contribution in [2.24, 2.45) is 0 Å². The van der Waals surface area contributed by atoms with Crippen molar-refractivity contribution in [1.29, 1.82) is 0 Å². The molecule has 0 heterocycles. The molecule has 2 N–H and O–H groups in total. The number of aromatic hydroxyl groups is 1. The van der Waals surface area contributed by atoms with Crippen LogP contribution in [-0.2, 0) is 11.3 Å². The summed E-state index contributed by atoms with van der Waals surface area (Å²) < 4.78 is 5.09. The number of ether oxygens (including phenoxy) is 1. The molecule has 2 aromatic carbocycles. The molecule has 0 atom stereocenters. The molecular formula is C23H25NO4. The zero-order valence-electron chi connectivity index (χ0n) is 16.3. The SMILES string of the molecule is COc1ccc(/C=C/C(=O)/C=C(O)/C=C/c2ccc(O)c(CN(C)C)c2)cc1. The highest BCUT2D eigenvalue weighted by atomic mass is 16.5. The molecule has 2 aromatic rings. The zero-order chi connectivity index (χ0) is 20.5. The molecular weight excluding hydrogens is 354 g/mol. The number of nitrogens with zero attached hydrogens (tertiary/aromatic N) is 1. The Kier molecular flexibility index (Phi) is 7.60. The minimum atomic E-state index is -0.322. The number of benzene rings is 2. The maximum absolute atomic E-state index is 12.0. The average Bonchev–Trinajstić information content (AvgIpc) is 2.67. The first-order chi connectivity index (χ1) is 13.4. The minimum absolute atomic E-state index is 0.147. The summed E-state index contributed by atoms with van der Waals surface area (Å²) in [5.41, 5.74) is 2.46. The van der Waals surface area contributed by atoms with E-state index in [9.17, 15) is 15.0 Å². The number of carbonyl (C=O) groups is 1. The number of phenolic OH excluding ortho intramolecular Hbond substituents is 1. The van der Waals surface area contributed by atoms with Gasteiger partial charge in [-0.2, -0.15) is 0 Å². The highest BCUT2D eigenvalue weighted by Gasteiger charge is 2.03. The molecule has 5 nitrogen and oxygen atoms in total. The monoisotopic (exact) mass is 379 g/mol. The first kappa shape index (κ1) is 21.0. The number of hydrogen-bond acceptors (Lipinski definition) is 5. The van der Waals surface area contributed by atoms with Crippen LogP contribution in [0.25, 0.3) is 12.2 Å². The smallest absolute Gasteiger partial charge is 0.182 e. The first-order valence-corrected chi connectivity index (χ1v) is 8.79. The highest BCUT2D eigenvalue weighted by Crippen LogP contribution is 2.20. The lowest BCUT2D eigenvalue weighted by Gasteiger charge is -2.11. The maximum atomic E-state index is 12.0. The Bertz CT molecular complexity index is 893. The van der Waals surface area contributed by atoms with E-state index in [0.717, 1.165) is 28.5 Å². The van der Waals surface area contributed by atoms with E-state index in [1.807, 2.05) is 49.3 Å². The number of methoxy groups -OCH3 is 1. The number of aliphatic hydroxyl groups is 1. The number of phenols is 1. The van der Waals surface area contributed by atoms with E-state index in [0.29, 0.717) is 6.54 Å². The fraction of sp³-hybridized carbons (Fsp3) is 0.174. The van der Waals surface area contributed by atoms with Gasteiger partial charge in [0.15, 0.2) is 5.78 Å². The molecule has 0 aliphatic rings. The summed E-state index contributed by atoms with van der Waals surface area (Å²) in [5, 5.41) is 19.9. The van der Waals surface area contributed by atoms with Crippen molar-refractivity contribution >= 4 is 17.9 Å². The standard InChI is InChI=1S/C23H25NO4/c1-24(2)16-19-14-18(8-13-23(19)27)5-10-21(26)15-20(25)9-4-17-6-11-22(28-3)12-7-17/h4-15,26-27H,16H2,1-3H3/b9-4+,10-5+,21-15-. The summed E-state index contributed by atoms with van der Waals surface area (Å²) in [4.78, 5) is 13.9. The number of rotatable bonds is 8. The summed E-state index contributed by atoms with van der Waals surface area (Å²) in [6.07, 6.45) is 7.35. The second-order valence-corrected chi connectivity index (χ2v) is 6.54. The number of hydrogen-bond donors (Lipinski definition) is 2. The van der Waals surface area contributed by atoms with Gasteiger partial charge in [0.1, 0.15) is 17.3 Å². The topological polar surface area (TPSA) is 70.0 Å². The van der Waals surface area contributed by atoms with E-state index in [1.165, 1.54) is 12.2 Å². The van der Waals surface area contributed by atoms with Crippen molar-refractivity contribution in [2.45, 2.75) is 6.54 Å². The van der Waals surface area contributed by atoms with Gasteiger partial charge in [-0.1, -0.05) is 30.4 Å². The summed E-state index contributed by atoms with van der Waals surface area (Å²) in [7, 11) is 5.43. The van der Waals surface area contributed by atoms with Crippen molar-refractivity contribution in [3.05, 3.63) is 83.1 Å². The fourth-order valence-electron chi connectivity index (χ4n) is 2.49. The van der Waals surface area contributed by atoms with Gasteiger partial charge >= 0.3 is 0 Å². The predicted octanol–water partition coefficient (Wildman–Crippen LogP) is 4.20. The molecule has 0 aliphatic carbocycles. The lowest BCUT2D eigenvalue weighted by Crippen LogP contribution is -2.10. The van der Waals surface area contributed by atoms with E-state index in [4.69, 9.17) is 4.74 Å². The summed E-state index contributed by atoms with van der Waals surface area (Å²) in [6, 6.07) is 12.5. The second kappa shape index (κ2) is 10.1. The van der Waals surface area contributed by atoms with Crippen LogP contribution in [0.2, 0.25) is 0 Å². The molecule has 0 amide bonds. The molecule has 0 saturated carbocycles. The van der Waals surface area contributed by atoms with Gasteiger partial charge in [-0.15, -0.1) is 0 Å². The van der Waals surface area contributed by atoms with Crippen molar-refractivity contribution in [1.82, 2.24) is 4.90 Å². The first-order valence-electron chi connectivity index (χ1n) is 8.79. The van der Waals surface area contributed by atoms with Gasteiger partial charge in [0, 0.05) is 18.2 Å². The fourth-order valence-corrected chi connectivity index (χ4v) is 2.49. The number of allylic oxidation sites excluding steroid dienone is 3. The second-order valence-electron chi connectivity index (χ2n) is 6.54. The molecule has 0 spiro atoms. The van der Waals surface area contributed by atoms with Crippen LogP contribution in [0.4, 0.5) is 0 Å². The lowest BCUT2D eigenvalue weighted by atomic mass is 10.1. The van der Waals surface area contributed by atoms with Crippen molar-refractivity contribution < 1.29 is 19.7 Å². The summed E-state index contributed by atoms with van der Waals surface area (Å²) in [6.45, 7) is 0.601. The van der Waals surface area contributed by atoms with Crippen LogP contribution in [0.15, 0.2) is 66.5 Å². The largest absolute Gasteiger partial charge is 0.508 e. The molecule has 0 saturated heterocycles. The molecule has 0 fully saturated rings. The minimum Gasteiger partial charge on any atom is -0.508 e. The van der Waals surface area contributed by atoms with E-state index in [-0.39, 0.29) is 17.3 Å². The highest BCUT2D eigenvalue weighted by molar-refractivity contribution is 6.02. The van der Waals surface area contributed by atoms with Gasteiger partial charge in [0.2, 0.25) is 0 Å². The zero-order valence-corrected chi connectivity index (χ0v) is 16.3. The molecule has 2 rings (SSSR count). The van der Waals surface area contributed by atoms with Crippen LogP contribution in [-0.4, -0.2) is 42.1 Å². The molecule has 0 unspecified atom stereocenters. The Morgan fingerprint density at radius 2 is 1.68 bits per heavy atom. The molecule has 5 heteroatoms. The van der Waals surface area contributed by atoms with Gasteiger partial charge in [0.05, 0.1) is 7.11 Å². The van der Waals surface area contributed by atoms with Gasteiger partial charge in [-0.3, -0.25) is 4.79 Å². The van der Waals surface area contributed by atoms with E-state index in [2.05, 4.69) is 0 Å². The molecule has 146 valence electrons. The van der Waals surface area contributed by atoms with Crippen LogP contribution in [0.3, 0.4) is 0 Å². The quantitative estimate of drug-likeness (QED) is 0.409. The molecule has 28 heavy (non-hydrogen) atoms. The van der Waals surface area contributed by atoms with Gasteiger partial charge in [-0.25, -0.2) is 0 Å². The number of ketones is 1. The Morgan fingerprint density at radius 1 is 1.04 bits per heavy atom. The average molecular weight is 379 g/mol. The van der Waals surface area contributed by atoms with Gasteiger partial charge in [0.25, 0.3) is 0 Å². The van der Waals surface area contributed by atoms with Crippen LogP contribution < -0.4 is 4.74 Å². The molecule has 0 radical (unpaired) electrons. The van der Waals surface area contributed by atoms with Crippen LogP contribution >= 0.6 is 0 Å². The molecule has 0 aliphatic heterocycles. The third-order valence-corrected chi connectivity index (χ3v) is 3.88. The van der Waals surface area contributed by atoms with Gasteiger partial charge < -0.3 is 19.8 Å². The van der Waals surface area contributed by atoms with E-state index < -0.39 is 0 Å². The van der Waals surface area contributed by atoms with Crippen LogP contribution in [0.5, 0.6) is 11.5 Å². The summed E-state index contributed by atoms with van der Waals surface area (Å²) in [5.74, 6) is 0.502. The van der Waals surface area contributed by atoms with E-state index in [1.54, 1.807) is 31.4 Å². The van der Waals surface area contributed by atoms with Crippen LogP contribution in [0, 0.1) is 0 Å². The third kappa shape index (κ3) is 6.78. The summed E-state index contributed by atoms with van der Waals surface area (Å²) >= 11 is 0. The Balaban J connectivity index is 2.02. The molecule has 0 bridgehead atoms. The third-order valence-electron chi connectivity index (χ3n) is 3.88. The number of aliphatic hydroxyl groups excluding tert-OH is 1. The van der Waals surface area contributed by atoms with Gasteiger partial charge in [-0.05, 0) is 61.6 Å². The predicted molar refractivity (Wildman–Crippen MR) is 112 cm³/mol.